The van der Waals surface area contributed by atoms with Gasteiger partial charge in [-0.1, -0.05) is 6.42 Å². The summed E-state index contributed by atoms with van der Waals surface area (Å²) < 4.78 is 4.83. The Morgan fingerprint density at radius 2 is 2.23 bits per heavy atom. The molecule has 2 rings (SSSR count). The molecule has 0 unspecified atom stereocenters. The molecule has 3 nitrogen and oxygen atoms in total. The van der Waals surface area contributed by atoms with Crippen LogP contribution >= 0.6 is 0 Å². The summed E-state index contributed by atoms with van der Waals surface area (Å²) in [7, 11) is 1.49. The zero-order valence-corrected chi connectivity index (χ0v) is 8.14. The van der Waals surface area contributed by atoms with Gasteiger partial charge in [0.25, 0.3) is 0 Å². The van der Waals surface area contributed by atoms with Crippen LogP contribution in [0.4, 0.5) is 0 Å². The van der Waals surface area contributed by atoms with Crippen LogP contribution in [-0.2, 0) is 9.53 Å². The Morgan fingerprint density at radius 3 is 2.62 bits per heavy atom. The minimum absolute atomic E-state index is 0.0214. The van der Waals surface area contributed by atoms with E-state index in [0.29, 0.717) is 6.04 Å². The molecule has 0 aromatic heterocycles. The topological polar surface area (TPSA) is 38.3 Å². The van der Waals surface area contributed by atoms with E-state index in [4.69, 9.17) is 4.74 Å². The van der Waals surface area contributed by atoms with Crippen LogP contribution in [0.3, 0.4) is 0 Å². The fraction of sp³-hybridized carbons (Fsp3) is 0.900. The van der Waals surface area contributed by atoms with Crippen LogP contribution in [0.5, 0.6) is 0 Å². The van der Waals surface area contributed by atoms with Gasteiger partial charge in [0.2, 0.25) is 0 Å². The zero-order valence-electron chi connectivity index (χ0n) is 8.14. The largest absolute Gasteiger partial charge is 0.469 e. The van der Waals surface area contributed by atoms with Crippen LogP contribution in [-0.4, -0.2) is 25.7 Å². The van der Waals surface area contributed by atoms with Crippen LogP contribution < -0.4 is 5.32 Å². The predicted molar refractivity (Wildman–Crippen MR) is 49.3 cm³/mol. The van der Waals surface area contributed by atoms with E-state index in [1.807, 2.05) is 0 Å². The smallest absolute Gasteiger partial charge is 0.313 e. The lowest BCUT2D eigenvalue weighted by Crippen LogP contribution is -2.47. The van der Waals surface area contributed by atoms with Crippen LogP contribution in [0.15, 0.2) is 0 Å². The van der Waals surface area contributed by atoms with Crippen molar-refractivity contribution in [3.63, 3.8) is 0 Å². The number of ether oxygens (including phenoxy) is 1. The van der Waals surface area contributed by atoms with E-state index >= 15 is 0 Å². The summed E-state index contributed by atoms with van der Waals surface area (Å²) in [6.07, 6.45) is 5.72. The quantitative estimate of drug-likeness (QED) is 0.663. The van der Waals surface area contributed by atoms with Crippen molar-refractivity contribution in [1.29, 1.82) is 0 Å². The summed E-state index contributed by atoms with van der Waals surface area (Å²) in [4.78, 5) is 11.5. The number of rotatable bonds is 4. The minimum Gasteiger partial charge on any atom is -0.469 e. The summed E-state index contributed by atoms with van der Waals surface area (Å²) in [6.45, 7) is 0.824. The third-order valence-corrected chi connectivity index (χ3v) is 3.24. The minimum atomic E-state index is -0.169. The van der Waals surface area contributed by atoms with Crippen molar-refractivity contribution in [1.82, 2.24) is 5.32 Å². The van der Waals surface area contributed by atoms with Gasteiger partial charge in [0.1, 0.15) is 0 Å². The highest BCUT2D eigenvalue weighted by molar-refractivity contribution is 5.78. The number of hydrogen-bond donors (Lipinski definition) is 1. The second-order valence-corrected chi connectivity index (χ2v) is 4.28. The van der Waals surface area contributed by atoms with E-state index in [0.717, 1.165) is 19.4 Å². The third kappa shape index (κ3) is 1.70. The normalized spacial score (nSPS) is 25.0. The summed E-state index contributed by atoms with van der Waals surface area (Å²) in [5.41, 5.74) is -0.169. The molecule has 2 fully saturated rings. The molecule has 3 heteroatoms. The van der Waals surface area contributed by atoms with Crippen LogP contribution in [0, 0.1) is 5.41 Å². The first-order valence-corrected chi connectivity index (χ1v) is 5.09. The van der Waals surface area contributed by atoms with E-state index in [2.05, 4.69) is 5.32 Å². The number of nitrogens with one attached hydrogen (secondary N) is 1. The molecule has 2 aliphatic carbocycles. The van der Waals surface area contributed by atoms with Gasteiger partial charge in [0.15, 0.2) is 0 Å². The predicted octanol–water partition coefficient (Wildman–Crippen LogP) is 1.08. The van der Waals surface area contributed by atoms with Crippen molar-refractivity contribution in [2.75, 3.05) is 13.7 Å². The molecule has 0 aromatic carbocycles. The molecule has 0 aliphatic heterocycles. The maximum Gasteiger partial charge on any atom is 0.313 e. The molecule has 0 atom stereocenters. The molecule has 0 radical (unpaired) electrons. The zero-order chi connectivity index (χ0) is 9.31. The van der Waals surface area contributed by atoms with Gasteiger partial charge in [-0.15, -0.1) is 0 Å². The first-order chi connectivity index (χ1) is 6.27. The molecule has 0 amide bonds. The van der Waals surface area contributed by atoms with Gasteiger partial charge in [0.05, 0.1) is 12.5 Å². The molecule has 2 aliphatic rings. The van der Waals surface area contributed by atoms with Gasteiger partial charge in [-0.25, -0.2) is 0 Å². The van der Waals surface area contributed by atoms with Gasteiger partial charge in [-0.05, 0) is 25.7 Å². The van der Waals surface area contributed by atoms with E-state index in [9.17, 15) is 4.79 Å². The van der Waals surface area contributed by atoms with E-state index in [1.54, 1.807) is 0 Å². The number of esters is 1. The summed E-state index contributed by atoms with van der Waals surface area (Å²) in [5, 5.41) is 3.41. The number of hydrogen-bond acceptors (Lipinski definition) is 3. The maximum absolute atomic E-state index is 11.5. The summed E-state index contributed by atoms with van der Waals surface area (Å²) >= 11 is 0. The molecule has 74 valence electrons. The molecular formula is C10H17NO2. The molecule has 13 heavy (non-hydrogen) atoms. The Balaban J connectivity index is 1.85. The number of methoxy groups -OCH3 is 1. The lowest BCUT2D eigenvalue weighted by Gasteiger charge is -2.39. The molecular weight excluding hydrogens is 166 g/mol. The lowest BCUT2D eigenvalue weighted by molar-refractivity contribution is -0.158. The number of carbonyl (C=O) groups excluding carboxylic acids is 1. The Morgan fingerprint density at radius 1 is 1.54 bits per heavy atom. The highest BCUT2D eigenvalue weighted by Gasteiger charge is 2.45. The molecule has 0 aromatic rings. The lowest BCUT2D eigenvalue weighted by atomic mass is 9.68. The van der Waals surface area contributed by atoms with Gasteiger partial charge >= 0.3 is 5.97 Å². The average molecular weight is 183 g/mol. The fourth-order valence-corrected chi connectivity index (χ4v) is 1.90. The van der Waals surface area contributed by atoms with Crippen molar-refractivity contribution in [3.05, 3.63) is 0 Å². The second-order valence-electron chi connectivity index (χ2n) is 4.28. The van der Waals surface area contributed by atoms with Crippen LogP contribution in [0.1, 0.15) is 32.1 Å². The summed E-state index contributed by atoms with van der Waals surface area (Å²) in [6, 6.07) is 0.683. The van der Waals surface area contributed by atoms with Gasteiger partial charge in [-0.3, -0.25) is 4.79 Å². The van der Waals surface area contributed by atoms with Crippen LogP contribution in [0.25, 0.3) is 0 Å². The Hall–Kier alpha value is -0.570. The monoisotopic (exact) mass is 183 g/mol. The highest BCUT2D eigenvalue weighted by Crippen LogP contribution is 2.41. The average Bonchev–Trinajstić information content (AvgIpc) is 2.85. The van der Waals surface area contributed by atoms with Crippen molar-refractivity contribution >= 4 is 5.97 Å². The van der Waals surface area contributed by atoms with Crippen molar-refractivity contribution in [2.45, 2.75) is 38.1 Å². The highest BCUT2D eigenvalue weighted by atomic mass is 16.5. The SMILES string of the molecule is COC(=O)C1(CNC2CC2)CCC1. The molecule has 0 bridgehead atoms. The van der Waals surface area contributed by atoms with Crippen molar-refractivity contribution in [2.24, 2.45) is 5.41 Å². The molecule has 2 saturated carbocycles. The summed E-state index contributed by atoms with van der Waals surface area (Å²) in [5.74, 6) is -0.0214. The molecule has 0 saturated heterocycles. The van der Waals surface area contributed by atoms with E-state index in [1.165, 1.54) is 26.4 Å². The second kappa shape index (κ2) is 3.29. The van der Waals surface area contributed by atoms with Crippen molar-refractivity contribution in [3.8, 4) is 0 Å². The van der Waals surface area contributed by atoms with E-state index in [-0.39, 0.29) is 11.4 Å². The Labute approximate surface area is 78.8 Å². The standard InChI is InChI=1S/C10H17NO2/c1-13-9(12)10(5-2-6-10)7-11-8-3-4-8/h8,11H,2-7H2,1H3. The van der Waals surface area contributed by atoms with Crippen molar-refractivity contribution < 1.29 is 9.53 Å². The molecule has 0 heterocycles. The van der Waals surface area contributed by atoms with Gasteiger partial charge < -0.3 is 10.1 Å². The Bertz CT molecular complexity index is 207. The first kappa shape index (κ1) is 9.00. The first-order valence-electron chi connectivity index (χ1n) is 5.09. The fourth-order valence-electron chi connectivity index (χ4n) is 1.90. The molecule has 1 N–H and O–H groups in total. The Kier molecular flexibility index (Phi) is 2.28. The van der Waals surface area contributed by atoms with E-state index < -0.39 is 0 Å². The molecule has 0 spiro atoms. The van der Waals surface area contributed by atoms with Gasteiger partial charge in [0, 0.05) is 12.6 Å². The van der Waals surface area contributed by atoms with Gasteiger partial charge in [-0.2, -0.15) is 0 Å². The number of carbonyl (C=O) groups is 1. The van der Waals surface area contributed by atoms with Crippen LogP contribution in [0.2, 0.25) is 0 Å². The third-order valence-electron chi connectivity index (χ3n) is 3.24. The maximum atomic E-state index is 11.5.